The molecular formula is C14H17N5O. The lowest BCUT2D eigenvalue weighted by Crippen LogP contribution is -2.30. The highest BCUT2D eigenvalue weighted by atomic mass is 16.3. The van der Waals surface area contributed by atoms with Crippen molar-refractivity contribution in [3.63, 3.8) is 0 Å². The van der Waals surface area contributed by atoms with Gasteiger partial charge in [-0.15, -0.1) is 0 Å². The Morgan fingerprint density at radius 2 is 2.25 bits per heavy atom. The van der Waals surface area contributed by atoms with Gasteiger partial charge in [0.15, 0.2) is 0 Å². The van der Waals surface area contributed by atoms with Crippen LogP contribution >= 0.6 is 0 Å². The lowest BCUT2D eigenvalue weighted by molar-refractivity contribution is 0.421. The number of nitrogens with one attached hydrogen (secondary N) is 1. The molecule has 2 aromatic heterocycles. The Morgan fingerprint density at radius 3 is 3.00 bits per heavy atom. The zero-order chi connectivity index (χ0) is 13.9. The lowest BCUT2D eigenvalue weighted by atomic mass is 10.1. The van der Waals surface area contributed by atoms with E-state index in [1.54, 1.807) is 6.33 Å². The number of nitrogens with zero attached hydrogens (tertiary/aromatic N) is 3. The summed E-state index contributed by atoms with van der Waals surface area (Å²) in [5.41, 5.74) is 3.65. The number of para-hydroxylation sites is 1. The number of nitrogens with two attached hydrogens (primary N) is 1. The van der Waals surface area contributed by atoms with E-state index in [0.717, 1.165) is 29.1 Å². The fourth-order valence-electron chi connectivity index (χ4n) is 2.31. The summed E-state index contributed by atoms with van der Waals surface area (Å²) in [5.74, 6) is 7.36. The largest absolute Gasteiger partial charge is 0.459 e. The number of furan rings is 1. The standard InChI is InChI=1S/C14H17N5O/c1-2-19-14(16-9-17-19)8-11(18-15)13-7-10-5-3-4-6-12(10)20-13/h3-7,9,11,18H,2,8,15H2,1H3. The molecule has 1 atom stereocenters. The van der Waals surface area contributed by atoms with Crippen molar-refractivity contribution in [2.24, 2.45) is 5.84 Å². The molecule has 0 spiro atoms. The molecule has 0 aliphatic rings. The van der Waals surface area contributed by atoms with Gasteiger partial charge in [0.25, 0.3) is 0 Å². The molecule has 3 N–H and O–H groups in total. The Bertz CT molecular complexity index is 669. The van der Waals surface area contributed by atoms with E-state index < -0.39 is 0 Å². The number of fused-ring (bicyclic) bond motifs is 1. The van der Waals surface area contributed by atoms with Gasteiger partial charge in [-0.1, -0.05) is 18.2 Å². The first-order valence-electron chi connectivity index (χ1n) is 6.63. The number of aromatic nitrogens is 3. The van der Waals surface area contributed by atoms with E-state index in [-0.39, 0.29) is 6.04 Å². The summed E-state index contributed by atoms with van der Waals surface area (Å²) in [7, 11) is 0. The van der Waals surface area contributed by atoms with Crippen molar-refractivity contribution in [3.8, 4) is 0 Å². The highest BCUT2D eigenvalue weighted by molar-refractivity contribution is 5.77. The monoisotopic (exact) mass is 271 g/mol. The smallest absolute Gasteiger partial charge is 0.138 e. The molecule has 3 aromatic rings. The van der Waals surface area contributed by atoms with E-state index >= 15 is 0 Å². The second-order valence-corrected chi connectivity index (χ2v) is 4.60. The zero-order valence-electron chi connectivity index (χ0n) is 11.3. The Kier molecular flexibility index (Phi) is 3.49. The lowest BCUT2D eigenvalue weighted by Gasteiger charge is -2.12. The van der Waals surface area contributed by atoms with Crippen LogP contribution < -0.4 is 11.3 Å². The van der Waals surface area contributed by atoms with Gasteiger partial charge in [0.1, 0.15) is 23.5 Å². The molecule has 0 saturated heterocycles. The molecule has 0 bridgehead atoms. The maximum absolute atomic E-state index is 5.84. The van der Waals surface area contributed by atoms with E-state index in [1.807, 2.05) is 41.9 Å². The molecule has 104 valence electrons. The molecule has 6 nitrogen and oxygen atoms in total. The first kappa shape index (κ1) is 12.8. The van der Waals surface area contributed by atoms with Gasteiger partial charge in [0.2, 0.25) is 0 Å². The van der Waals surface area contributed by atoms with Crippen LogP contribution in [0.25, 0.3) is 11.0 Å². The molecule has 0 aliphatic heterocycles. The van der Waals surface area contributed by atoms with Gasteiger partial charge in [0, 0.05) is 18.4 Å². The van der Waals surface area contributed by atoms with Crippen LogP contribution in [0.5, 0.6) is 0 Å². The van der Waals surface area contributed by atoms with E-state index in [9.17, 15) is 0 Å². The Labute approximate surface area is 116 Å². The number of aryl methyl sites for hydroxylation is 1. The van der Waals surface area contributed by atoms with Gasteiger partial charge in [-0.2, -0.15) is 5.10 Å². The Morgan fingerprint density at radius 1 is 1.40 bits per heavy atom. The Hall–Kier alpha value is -2.18. The van der Waals surface area contributed by atoms with E-state index in [4.69, 9.17) is 10.3 Å². The number of hydrogen-bond donors (Lipinski definition) is 2. The highest BCUT2D eigenvalue weighted by Crippen LogP contribution is 2.25. The number of hydrogen-bond acceptors (Lipinski definition) is 5. The van der Waals surface area contributed by atoms with E-state index in [2.05, 4.69) is 15.5 Å². The van der Waals surface area contributed by atoms with Crippen LogP contribution in [0.15, 0.2) is 41.1 Å². The minimum absolute atomic E-state index is 0.128. The SMILES string of the molecule is CCn1ncnc1CC(NN)c1cc2ccccc2o1. The predicted molar refractivity (Wildman–Crippen MR) is 75.7 cm³/mol. The third-order valence-electron chi connectivity index (χ3n) is 3.37. The molecule has 0 aliphatic carbocycles. The molecule has 0 fully saturated rings. The molecule has 3 rings (SSSR count). The van der Waals surface area contributed by atoms with Crippen molar-refractivity contribution < 1.29 is 4.42 Å². The quantitative estimate of drug-likeness (QED) is 0.546. The molecule has 1 unspecified atom stereocenters. The second-order valence-electron chi connectivity index (χ2n) is 4.60. The summed E-state index contributed by atoms with van der Waals surface area (Å²) in [4.78, 5) is 4.27. The summed E-state index contributed by atoms with van der Waals surface area (Å²) in [6.45, 7) is 2.82. The van der Waals surface area contributed by atoms with Crippen molar-refractivity contribution in [1.29, 1.82) is 0 Å². The van der Waals surface area contributed by atoms with Crippen LogP contribution in [0.3, 0.4) is 0 Å². The number of hydrazine groups is 1. The summed E-state index contributed by atoms with van der Waals surface area (Å²) in [5, 5.41) is 5.23. The third kappa shape index (κ3) is 2.31. The summed E-state index contributed by atoms with van der Waals surface area (Å²) in [6, 6.07) is 9.78. The van der Waals surface area contributed by atoms with Gasteiger partial charge >= 0.3 is 0 Å². The van der Waals surface area contributed by atoms with Gasteiger partial charge in [-0.3, -0.25) is 10.5 Å². The first-order chi connectivity index (χ1) is 9.81. The van der Waals surface area contributed by atoms with Gasteiger partial charge in [-0.05, 0) is 19.1 Å². The second kappa shape index (κ2) is 5.44. The van der Waals surface area contributed by atoms with Crippen LogP contribution in [0, 0.1) is 0 Å². The van der Waals surface area contributed by atoms with Crippen molar-refractivity contribution in [2.75, 3.05) is 0 Å². The third-order valence-corrected chi connectivity index (χ3v) is 3.37. The average Bonchev–Trinajstić information content (AvgIpc) is 3.10. The van der Waals surface area contributed by atoms with E-state index in [1.165, 1.54) is 0 Å². The molecule has 6 heteroatoms. The number of benzene rings is 1. The van der Waals surface area contributed by atoms with Crippen LogP contribution in [-0.2, 0) is 13.0 Å². The normalized spacial score (nSPS) is 12.9. The molecule has 1 aromatic carbocycles. The van der Waals surface area contributed by atoms with Gasteiger partial charge < -0.3 is 4.42 Å². The molecule has 20 heavy (non-hydrogen) atoms. The fourth-order valence-corrected chi connectivity index (χ4v) is 2.31. The minimum Gasteiger partial charge on any atom is -0.459 e. The van der Waals surface area contributed by atoms with Crippen LogP contribution in [-0.4, -0.2) is 14.8 Å². The molecule has 0 saturated carbocycles. The van der Waals surface area contributed by atoms with Crippen molar-refractivity contribution in [3.05, 3.63) is 48.2 Å². The molecule has 0 amide bonds. The topological polar surface area (TPSA) is 81.9 Å². The van der Waals surface area contributed by atoms with Crippen molar-refractivity contribution >= 4 is 11.0 Å². The average molecular weight is 271 g/mol. The maximum Gasteiger partial charge on any atom is 0.138 e. The summed E-state index contributed by atoms with van der Waals surface area (Å²) < 4.78 is 7.70. The summed E-state index contributed by atoms with van der Waals surface area (Å²) >= 11 is 0. The van der Waals surface area contributed by atoms with Crippen molar-refractivity contribution in [2.45, 2.75) is 25.9 Å². The van der Waals surface area contributed by atoms with Crippen molar-refractivity contribution in [1.82, 2.24) is 20.2 Å². The van der Waals surface area contributed by atoms with Crippen LogP contribution in [0.2, 0.25) is 0 Å². The first-order valence-corrected chi connectivity index (χ1v) is 6.63. The van der Waals surface area contributed by atoms with E-state index in [0.29, 0.717) is 6.42 Å². The highest BCUT2D eigenvalue weighted by Gasteiger charge is 2.18. The predicted octanol–water partition coefficient (Wildman–Crippen LogP) is 1.79. The molecular weight excluding hydrogens is 254 g/mol. The van der Waals surface area contributed by atoms with Gasteiger partial charge in [-0.25, -0.2) is 10.4 Å². The van der Waals surface area contributed by atoms with Crippen LogP contribution in [0.1, 0.15) is 24.6 Å². The maximum atomic E-state index is 5.84. The Balaban J connectivity index is 1.89. The van der Waals surface area contributed by atoms with Gasteiger partial charge in [0.05, 0.1) is 6.04 Å². The molecule has 2 heterocycles. The summed E-state index contributed by atoms with van der Waals surface area (Å²) in [6.07, 6.45) is 2.19. The minimum atomic E-state index is -0.128. The zero-order valence-corrected chi connectivity index (χ0v) is 11.3. The number of rotatable bonds is 5. The van der Waals surface area contributed by atoms with Crippen LogP contribution in [0.4, 0.5) is 0 Å². The molecule has 0 radical (unpaired) electrons. The fraction of sp³-hybridized carbons (Fsp3) is 0.286.